The normalized spacial score (nSPS) is 16.1. The number of carbonyl (C=O) groups is 1. The van der Waals surface area contributed by atoms with E-state index < -0.39 is 0 Å². The number of anilines is 1. The second-order valence-electron chi connectivity index (χ2n) is 6.55. The highest BCUT2D eigenvalue weighted by molar-refractivity contribution is 5.88. The summed E-state index contributed by atoms with van der Waals surface area (Å²) < 4.78 is 0. The fourth-order valence-corrected chi connectivity index (χ4v) is 2.89. The fourth-order valence-electron chi connectivity index (χ4n) is 2.89. The molecule has 0 aromatic heterocycles. The molecule has 1 aromatic rings. The van der Waals surface area contributed by atoms with Crippen LogP contribution in [0.25, 0.3) is 0 Å². The number of benzene rings is 1. The molecule has 122 valence electrons. The van der Waals surface area contributed by atoms with E-state index in [1.807, 2.05) is 18.2 Å². The minimum Gasteiger partial charge on any atom is -0.326 e. The van der Waals surface area contributed by atoms with Gasteiger partial charge in [0.1, 0.15) is 0 Å². The average molecular weight is 303 g/mol. The molecule has 1 aromatic carbocycles. The Bertz CT molecular complexity index is 495. The van der Waals surface area contributed by atoms with E-state index in [4.69, 9.17) is 0 Å². The molecule has 0 bridgehead atoms. The Morgan fingerprint density at radius 1 is 1.32 bits per heavy atom. The molecule has 1 aliphatic carbocycles. The first-order chi connectivity index (χ1) is 10.5. The van der Waals surface area contributed by atoms with Crippen molar-refractivity contribution in [1.29, 1.82) is 0 Å². The van der Waals surface area contributed by atoms with Crippen molar-refractivity contribution >= 4 is 11.6 Å². The molecule has 2 N–H and O–H groups in total. The largest absolute Gasteiger partial charge is 0.326 e. The van der Waals surface area contributed by atoms with E-state index in [9.17, 15) is 4.79 Å². The average Bonchev–Trinajstić information content (AvgIpc) is 3.27. The molecule has 1 amide bonds. The number of nitrogens with one attached hydrogen (secondary N) is 2. The zero-order valence-electron chi connectivity index (χ0n) is 14.2. The molecule has 1 fully saturated rings. The van der Waals surface area contributed by atoms with Crippen molar-refractivity contribution in [3.63, 3.8) is 0 Å². The van der Waals surface area contributed by atoms with Crippen molar-refractivity contribution in [2.75, 3.05) is 18.4 Å². The molecule has 1 aliphatic rings. The molecule has 0 saturated heterocycles. The molecule has 0 unspecified atom stereocenters. The minimum atomic E-state index is -0.0326. The van der Waals surface area contributed by atoms with Gasteiger partial charge in [0.15, 0.2) is 0 Å². The number of amides is 1. The van der Waals surface area contributed by atoms with Gasteiger partial charge >= 0.3 is 0 Å². The Balaban J connectivity index is 1.83. The molecule has 0 radical (unpaired) electrons. The van der Waals surface area contributed by atoms with Gasteiger partial charge in [-0.2, -0.15) is 0 Å². The van der Waals surface area contributed by atoms with Gasteiger partial charge in [-0.3, -0.25) is 9.69 Å². The van der Waals surface area contributed by atoms with E-state index in [0.29, 0.717) is 6.04 Å². The van der Waals surface area contributed by atoms with Crippen LogP contribution in [0.15, 0.2) is 24.3 Å². The van der Waals surface area contributed by atoms with Gasteiger partial charge in [-0.1, -0.05) is 12.1 Å². The molecule has 22 heavy (non-hydrogen) atoms. The van der Waals surface area contributed by atoms with Gasteiger partial charge in [0.25, 0.3) is 0 Å². The lowest BCUT2D eigenvalue weighted by Crippen LogP contribution is -2.39. The van der Waals surface area contributed by atoms with Gasteiger partial charge in [-0.15, -0.1) is 0 Å². The molecule has 2 rings (SSSR count). The monoisotopic (exact) mass is 303 g/mol. The fraction of sp³-hybridized carbons (Fsp3) is 0.611. The lowest BCUT2D eigenvalue weighted by molar-refractivity contribution is -0.114. The van der Waals surface area contributed by atoms with E-state index in [0.717, 1.165) is 24.8 Å². The Morgan fingerprint density at radius 2 is 2.05 bits per heavy atom. The van der Waals surface area contributed by atoms with E-state index in [2.05, 4.69) is 42.4 Å². The van der Waals surface area contributed by atoms with Crippen LogP contribution in [0.1, 0.15) is 52.1 Å². The first-order valence-electron chi connectivity index (χ1n) is 8.34. The van der Waals surface area contributed by atoms with E-state index in [1.165, 1.54) is 25.3 Å². The summed E-state index contributed by atoms with van der Waals surface area (Å²) in [5.41, 5.74) is 2.06. The highest BCUT2D eigenvalue weighted by atomic mass is 16.1. The van der Waals surface area contributed by atoms with Crippen molar-refractivity contribution in [1.82, 2.24) is 10.2 Å². The van der Waals surface area contributed by atoms with Crippen LogP contribution >= 0.6 is 0 Å². The summed E-state index contributed by atoms with van der Waals surface area (Å²) in [7, 11) is 0. The third kappa shape index (κ3) is 5.11. The van der Waals surface area contributed by atoms with Crippen molar-refractivity contribution in [3.05, 3.63) is 29.8 Å². The van der Waals surface area contributed by atoms with Crippen LogP contribution < -0.4 is 10.6 Å². The molecule has 1 saturated carbocycles. The smallest absolute Gasteiger partial charge is 0.221 e. The van der Waals surface area contributed by atoms with E-state index >= 15 is 0 Å². The molecule has 0 aliphatic heterocycles. The predicted octanol–water partition coefficient (Wildman–Crippen LogP) is 3.17. The Labute approximate surface area is 134 Å². The second-order valence-corrected chi connectivity index (χ2v) is 6.55. The lowest BCUT2D eigenvalue weighted by Gasteiger charge is -2.27. The standard InChI is InChI=1S/C18H29N3O/c1-13(2)21(18-8-9-18)11-10-19-14(3)16-6-5-7-17(12-16)20-15(4)22/h5-7,12-14,18-19H,8-11H2,1-4H3,(H,20,22)/t14-/m1/s1. The summed E-state index contributed by atoms with van der Waals surface area (Å²) in [5.74, 6) is -0.0326. The summed E-state index contributed by atoms with van der Waals surface area (Å²) in [6.45, 7) is 10.3. The van der Waals surface area contributed by atoms with Crippen molar-refractivity contribution in [3.8, 4) is 0 Å². The van der Waals surface area contributed by atoms with Gasteiger partial charge in [0.05, 0.1) is 0 Å². The van der Waals surface area contributed by atoms with Crippen molar-refractivity contribution < 1.29 is 4.79 Å². The molecule has 1 atom stereocenters. The maximum absolute atomic E-state index is 11.1. The third-order valence-electron chi connectivity index (χ3n) is 4.21. The van der Waals surface area contributed by atoms with Gasteiger partial charge in [-0.05, 0) is 51.3 Å². The number of hydrogen-bond acceptors (Lipinski definition) is 3. The van der Waals surface area contributed by atoms with Crippen molar-refractivity contribution in [2.24, 2.45) is 0 Å². The number of nitrogens with zero attached hydrogens (tertiary/aromatic N) is 1. The summed E-state index contributed by atoms with van der Waals surface area (Å²) in [6.07, 6.45) is 2.71. The zero-order valence-corrected chi connectivity index (χ0v) is 14.2. The number of carbonyl (C=O) groups excluding carboxylic acids is 1. The topological polar surface area (TPSA) is 44.4 Å². The summed E-state index contributed by atoms with van der Waals surface area (Å²) in [5, 5.41) is 6.43. The van der Waals surface area contributed by atoms with E-state index in [1.54, 1.807) is 0 Å². The number of hydrogen-bond donors (Lipinski definition) is 2. The molecular formula is C18H29N3O. The number of rotatable bonds is 8. The van der Waals surface area contributed by atoms with Gasteiger partial charge in [0.2, 0.25) is 5.91 Å². The maximum Gasteiger partial charge on any atom is 0.221 e. The highest BCUT2D eigenvalue weighted by Crippen LogP contribution is 2.28. The lowest BCUT2D eigenvalue weighted by atomic mass is 10.1. The predicted molar refractivity (Wildman–Crippen MR) is 92.0 cm³/mol. The summed E-state index contributed by atoms with van der Waals surface area (Å²) >= 11 is 0. The Kier molecular flexibility index (Phi) is 5.98. The third-order valence-corrected chi connectivity index (χ3v) is 4.21. The summed E-state index contributed by atoms with van der Waals surface area (Å²) in [6, 6.07) is 9.76. The van der Waals surface area contributed by atoms with Gasteiger partial charge in [0, 0.05) is 43.8 Å². The van der Waals surface area contributed by atoms with Crippen LogP contribution in [0.3, 0.4) is 0 Å². The van der Waals surface area contributed by atoms with Crippen LogP contribution in [0.2, 0.25) is 0 Å². The minimum absolute atomic E-state index is 0.0326. The molecular weight excluding hydrogens is 274 g/mol. The summed E-state index contributed by atoms with van der Waals surface area (Å²) in [4.78, 5) is 13.7. The quantitative estimate of drug-likeness (QED) is 0.775. The zero-order chi connectivity index (χ0) is 16.1. The maximum atomic E-state index is 11.1. The van der Waals surface area contributed by atoms with Crippen LogP contribution in [-0.2, 0) is 4.79 Å². The molecule has 0 heterocycles. The molecule has 0 spiro atoms. The highest BCUT2D eigenvalue weighted by Gasteiger charge is 2.30. The van der Waals surface area contributed by atoms with Gasteiger partial charge in [-0.25, -0.2) is 0 Å². The Hall–Kier alpha value is -1.39. The van der Waals surface area contributed by atoms with Gasteiger partial charge < -0.3 is 10.6 Å². The van der Waals surface area contributed by atoms with Crippen LogP contribution in [0, 0.1) is 0 Å². The van der Waals surface area contributed by atoms with Crippen LogP contribution in [0.4, 0.5) is 5.69 Å². The first-order valence-corrected chi connectivity index (χ1v) is 8.34. The molecule has 4 heteroatoms. The Morgan fingerprint density at radius 3 is 2.64 bits per heavy atom. The van der Waals surface area contributed by atoms with Crippen LogP contribution in [0.5, 0.6) is 0 Å². The van der Waals surface area contributed by atoms with Crippen molar-refractivity contribution in [2.45, 2.75) is 58.7 Å². The SMILES string of the molecule is CC(=O)Nc1cccc([C@@H](C)NCCN(C(C)C)C2CC2)c1. The van der Waals surface area contributed by atoms with E-state index in [-0.39, 0.29) is 11.9 Å². The molecule has 4 nitrogen and oxygen atoms in total. The van der Waals surface area contributed by atoms with Crippen LogP contribution in [-0.4, -0.2) is 36.0 Å². The first kappa shape index (κ1) is 17.0. The second kappa shape index (κ2) is 7.75.